The van der Waals surface area contributed by atoms with Crippen molar-refractivity contribution in [2.75, 3.05) is 0 Å². The quantitative estimate of drug-likeness (QED) is 0.189. The lowest BCUT2D eigenvalue weighted by Gasteiger charge is -2.26. The fraction of sp³-hybridized carbons (Fsp3) is 0.471. The van der Waals surface area contributed by atoms with Crippen molar-refractivity contribution >= 4 is 35.8 Å². The highest BCUT2D eigenvalue weighted by Crippen LogP contribution is 2.40. The Kier molecular flexibility index (Phi) is 8.30. The van der Waals surface area contributed by atoms with Crippen molar-refractivity contribution in [2.45, 2.75) is 89.0 Å². The van der Waals surface area contributed by atoms with Crippen LogP contribution in [0.15, 0.2) is 70.9 Å². The maximum Gasteiger partial charge on any atom is 0.334 e. The molecule has 2 aliphatic carbocycles. The van der Waals surface area contributed by atoms with Gasteiger partial charge in [-0.1, -0.05) is 24.3 Å². The standard InChI is InChI=1S/C34H34O12/c1-15-7-21-11-19(33(39)41-21)13-25-29(17(3)31(37)45-25)23(9-15)43-27(35)5-6-28(36)44-24-10-16(2)8-22-12-20(34(40)42-22)14-26-30(24)18(4)32(38)46-26/h9-12,21-26,29-30H,3-8,13-14H2,1-2H3/b15-9+,16-10+/t21-,22-,23+,24+,25-,26-,29-,30-/m0/s1. The van der Waals surface area contributed by atoms with Gasteiger partial charge in [-0.3, -0.25) is 9.59 Å². The van der Waals surface area contributed by atoms with Gasteiger partial charge in [-0.25, -0.2) is 19.2 Å². The molecule has 12 nitrogen and oxygen atoms in total. The van der Waals surface area contributed by atoms with E-state index in [1.807, 2.05) is 0 Å². The molecule has 4 aliphatic heterocycles. The van der Waals surface area contributed by atoms with Crippen LogP contribution in [0, 0.1) is 11.8 Å². The zero-order valence-electron chi connectivity index (χ0n) is 25.5. The highest BCUT2D eigenvalue weighted by molar-refractivity contribution is 5.94. The molecular formula is C34H34O12. The molecule has 0 aromatic rings. The van der Waals surface area contributed by atoms with Crippen LogP contribution in [0.1, 0.15) is 52.4 Å². The van der Waals surface area contributed by atoms with E-state index in [4.69, 9.17) is 28.4 Å². The van der Waals surface area contributed by atoms with Crippen LogP contribution in [0.5, 0.6) is 0 Å². The minimum Gasteiger partial charge on any atom is -0.458 e. The van der Waals surface area contributed by atoms with Gasteiger partial charge in [0.15, 0.2) is 0 Å². The Morgan fingerprint density at radius 3 is 1.41 bits per heavy atom. The van der Waals surface area contributed by atoms with Gasteiger partial charge in [0.05, 0.1) is 24.7 Å². The predicted molar refractivity (Wildman–Crippen MR) is 156 cm³/mol. The molecule has 242 valence electrons. The number of rotatable bonds is 5. The highest BCUT2D eigenvalue weighted by Gasteiger charge is 2.48. The third-order valence-electron chi connectivity index (χ3n) is 9.02. The second kappa shape index (κ2) is 12.2. The average Bonchev–Trinajstić information content (AvgIpc) is 3.66. The number of carbonyl (C=O) groups excluding carboxylic acids is 6. The van der Waals surface area contributed by atoms with E-state index in [0.29, 0.717) is 24.0 Å². The number of esters is 6. The van der Waals surface area contributed by atoms with Gasteiger partial charge in [-0.05, 0) is 38.2 Å². The minimum atomic E-state index is -0.940. The Hall–Kier alpha value is -4.74. The number of fused-ring (bicyclic) bond motifs is 4. The van der Waals surface area contributed by atoms with E-state index in [9.17, 15) is 28.8 Å². The maximum atomic E-state index is 13.1. The molecule has 6 rings (SSSR count). The molecule has 0 aromatic heterocycles. The van der Waals surface area contributed by atoms with Crippen molar-refractivity contribution in [1.82, 2.24) is 0 Å². The van der Waals surface area contributed by atoms with E-state index >= 15 is 0 Å². The van der Waals surface area contributed by atoms with Gasteiger partial charge in [-0.2, -0.15) is 0 Å². The van der Waals surface area contributed by atoms with E-state index in [1.54, 1.807) is 38.2 Å². The molecule has 0 aromatic carbocycles. The molecule has 0 unspecified atom stereocenters. The van der Waals surface area contributed by atoms with Gasteiger partial charge in [-0.15, -0.1) is 0 Å². The summed E-state index contributed by atoms with van der Waals surface area (Å²) in [5.41, 5.74) is 2.53. The summed E-state index contributed by atoms with van der Waals surface area (Å²) in [5, 5.41) is 0. The molecule has 0 N–H and O–H groups in total. The molecule has 12 heteroatoms. The third-order valence-corrected chi connectivity index (χ3v) is 9.02. The molecule has 4 heterocycles. The molecule has 2 saturated heterocycles. The van der Waals surface area contributed by atoms with Crippen LogP contribution in [0.4, 0.5) is 0 Å². The van der Waals surface area contributed by atoms with Crippen molar-refractivity contribution in [1.29, 1.82) is 0 Å². The summed E-state index contributed by atoms with van der Waals surface area (Å²) in [6, 6.07) is 0. The van der Waals surface area contributed by atoms with Crippen LogP contribution in [0.25, 0.3) is 0 Å². The molecule has 8 atom stereocenters. The zero-order chi connectivity index (χ0) is 32.9. The summed E-state index contributed by atoms with van der Waals surface area (Å²) in [6.45, 7) is 11.3. The lowest BCUT2D eigenvalue weighted by molar-refractivity contribution is -0.156. The largest absolute Gasteiger partial charge is 0.458 e. The Labute approximate surface area is 264 Å². The fourth-order valence-electron chi connectivity index (χ4n) is 6.85. The van der Waals surface area contributed by atoms with Crippen molar-refractivity contribution < 1.29 is 57.2 Å². The van der Waals surface area contributed by atoms with Gasteiger partial charge >= 0.3 is 35.8 Å². The molecule has 0 spiro atoms. The molecule has 0 amide bonds. The summed E-state index contributed by atoms with van der Waals surface area (Å²) >= 11 is 0. The first-order valence-corrected chi connectivity index (χ1v) is 15.2. The van der Waals surface area contributed by atoms with Crippen LogP contribution < -0.4 is 0 Å². The second-order valence-electron chi connectivity index (χ2n) is 12.5. The first kappa shape index (κ1) is 31.3. The second-order valence-corrected chi connectivity index (χ2v) is 12.5. The van der Waals surface area contributed by atoms with E-state index in [2.05, 4.69) is 13.2 Å². The van der Waals surface area contributed by atoms with Gasteiger partial charge in [0.2, 0.25) is 0 Å². The lowest BCUT2D eigenvalue weighted by atomic mass is 9.85. The number of hydrogen-bond donors (Lipinski definition) is 0. The first-order valence-electron chi connectivity index (χ1n) is 15.2. The Morgan fingerprint density at radius 1 is 0.630 bits per heavy atom. The van der Waals surface area contributed by atoms with Crippen molar-refractivity contribution in [3.63, 3.8) is 0 Å². The molecule has 46 heavy (non-hydrogen) atoms. The van der Waals surface area contributed by atoms with Crippen LogP contribution in [0.2, 0.25) is 0 Å². The summed E-state index contributed by atoms with van der Waals surface area (Å²) < 4.78 is 33.4. The summed E-state index contributed by atoms with van der Waals surface area (Å²) in [5.74, 6) is -5.17. The van der Waals surface area contributed by atoms with Gasteiger partial charge in [0.25, 0.3) is 0 Å². The van der Waals surface area contributed by atoms with Crippen molar-refractivity contribution in [2.24, 2.45) is 11.8 Å². The zero-order valence-corrected chi connectivity index (χ0v) is 25.5. The van der Waals surface area contributed by atoms with Gasteiger partial charge in [0.1, 0.15) is 36.6 Å². The maximum absolute atomic E-state index is 13.1. The normalized spacial score (nSPS) is 35.9. The third kappa shape index (κ3) is 6.20. The first-order chi connectivity index (χ1) is 21.9. The van der Waals surface area contributed by atoms with E-state index in [0.717, 1.165) is 11.1 Å². The molecule has 0 radical (unpaired) electrons. The van der Waals surface area contributed by atoms with Gasteiger partial charge in [0, 0.05) is 48.0 Å². The van der Waals surface area contributed by atoms with Crippen molar-refractivity contribution in [3.8, 4) is 0 Å². The number of carbonyl (C=O) groups is 6. The summed E-state index contributed by atoms with van der Waals surface area (Å²) in [7, 11) is 0. The Bertz CT molecular complexity index is 1460. The summed E-state index contributed by atoms with van der Waals surface area (Å²) in [6.07, 6.45) is 2.66. The summed E-state index contributed by atoms with van der Waals surface area (Å²) in [4.78, 5) is 75.9. The predicted octanol–water partition coefficient (Wildman–Crippen LogP) is 2.97. The molecule has 2 fully saturated rings. The van der Waals surface area contributed by atoms with Gasteiger partial charge < -0.3 is 28.4 Å². The monoisotopic (exact) mass is 634 g/mol. The Balaban J connectivity index is 1.14. The Morgan fingerprint density at radius 2 is 1.02 bits per heavy atom. The molecular weight excluding hydrogens is 600 g/mol. The van der Waals surface area contributed by atoms with E-state index in [1.165, 1.54) is 0 Å². The highest BCUT2D eigenvalue weighted by atomic mass is 16.6. The fourth-order valence-corrected chi connectivity index (χ4v) is 6.85. The number of ether oxygens (including phenoxy) is 6. The average molecular weight is 635 g/mol. The van der Waals surface area contributed by atoms with Crippen molar-refractivity contribution in [3.05, 3.63) is 70.9 Å². The van der Waals surface area contributed by atoms with E-state index < -0.39 is 84.3 Å². The lowest BCUT2D eigenvalue weighted by Crippen LogP contribution is -2.34. The van der Waals surface area contributed by atoms with Crippen LogP contribution in [-0.2, 0) is 57.2 Å². The molecule has 0 saturated carbocycles. The molecule has 4 bridgehead atoms. The SMILES string of the molecule is C=C1C(=O)O[C@H]2CC3=C[C@H](C/C(C)=C/[C@@H](OC(=O)CCC(=O)O[C@@H]4/C=C(\C)C[C@H]5C=C(C[C@@H]6OC(=O)C(=C)[C@H]64)C(=O)O5)[C@H]12)OC3=O. The minimum absolute atomic E-state index is 0.0876. The smallest absolute Gasteiger partial charge is 0.334 e. The van der Waals surface area contributed by atoms with Crippen LogP contribution in [0.3, 0.4) is 0 Å². The molecule has 6 aliphatic rings. The number of hydrogen-bond acceptors (Lipinski definition) is 12. The topological polar surface area (TPSA) is 158 Å². The van der Waals surface area contributed by atoms with Crippen LogP contribution >= 0.6 is 0 Å². The van der Waals surface area contributed by atoms with E-state index in [-0.39, 0.29) is 36.8 Å². The van der Waals surface area contributed by atoms with Crippen LogP contribution in [-0.4, -0.2) is 72.4 Å².